The lowest BCUT2D eigenvalue weighted by Gasteiger charge is -2.13. The highest BCUT2D eigenvalue weighted by Crippen LogP contribution is 2.25. The summed E-state index contributed by atoms with van der Waals surface area (Å²) in [5.41, 5.74) is 1.76. The van der Waals surface area contributed by atoms with Gasteiger partial charge >= 0.3 is 0 Å². The van der Waals surface area contributed by atoms with E-state index in [0.717, 1.165) is 12.0 Å². The van der Waals surface area contributed by atoms with Gasteiger partial charge in [-0.05, 0) is 30.0 Å². The van der Waals surface area contributed by atoms with Gasteiger partial charge in [0.25, 0.3) is 0 Å². The van der Waals surface area contributed by atoms with Gasteiger partial charge in [-0.25, -0.2) is 0 Å². The van der Waals surface area contributed by atoms with E-state index in [1.165, 1.54) is 7.11 Å². The van der Waals surface area contributed by atoms with E-state index >= 15 is 0 Å². The maximum absolute atomic E-state index is 12.0. The van der Waals surface area contributed by atoms with Crippen LogP contribution in [0.25, 0.3) is 0 Å². The van der Waals surface area contributed by atoms with Crippen LogP contribution in [-0.2, 0) is 4.74 Å². The first-order chi connectivity index (χ1) is 8.60. The van der Waals surface area contributed by atoms with Crippen molar-refractivity contribution in [3.8, 4) is 5.75 Å². The lowest BCUT2D eigenvalue weighted by molar-refractivity contribution is 0.0844. The largest absolute Gasteiger partial charge is 0.493 e. The fourth-order valence-electron chi connectivity index (χ4n) is 1.67. The van der Waals surface area contributed by atoms with Crippen molar-refractivity contribution in [1.29, 1.82) is 0 Å². The van der Waals surface area contributed by atoms with Gasteiger partial charge in [0.1, 0.15) is 12.4 Å². The fraction of sp³-hybridized carbons (Fsp3) is 0.533. The lowest BCUT2D eigenvalue weighted by Crippen LogP contribution is -2.11. The molecule has 3 heteroatoms. The number of Topliss-reactive ketones (excluding diaryl/α,β-unsaturated/α-hetero) is 1. The van der Waals surface area contributed by atoms with Crippen LogP contribution in [0.3, 0.4) is 0 Å². The van der Waals surface area contributed by atoms with E-state index in [4.69, 9.17) is 9.47 Å². The van der Waals surface area contributed by atoms with E-state index in [1.54, 1.807) is 0 Å². The Morgan fingerprint density at radius 2 is 2.06 bits per heavy atom. The fourth-order valence-corrected chi connectivity index (χ4v) is 1.67. The van der Waals surface area contributed by atoms with Crippen molar-refractivity contribution in [3.05, 3.63) is 29.3 Å². The molecule has 1 aromatic carbocycles. The summed E-state index contributed by atoms with van der Waals surface area (Å²) >= 11 is 0. The molecule has 1 rings (SSSR count). The van der Waals surface area contributed by atoms with Gasteiger partial charge in [-0.1, -0.05) is 26.8 Å². The summed E-state index contributed by atoms with van der Waals surface area (Å²) in [5.74, 6) is 1.01. The summed E-state index contributed by atoms with van der Waals surface area (Å²) in [6.45, 7) is 6.95. The summed E-state index contributed by atoms with van der Waals surface area (Å²) in [6.07, 6.45) is 0.920. The molecule has 1 aromatic rings. The van der Waals surface area contributed by atoms with Gasteiger partial charge in [0.15, 0.2) is 5.78 Å². The first-order valence-corrected chi connectivity index (χ1v) is 6.39. The number of hydrogen-bond donors (Lipinski definition) is 0. The summed E-state index contributed by atoms with van der Waals surface area (Å²) < 4.78 is 10.5. The summed E-state index contributed by atoms with van der Waals surface area (Å²) in [6, 6.07) is 5.81. The number of hydrogen-bond acceptors (Lipinski definition) is 3. The molecule has 0 aliphatic carbocycles. The molecule has 0 aliphatic heterocycles. The average molecular weight is 250 g/mol. The molecule has 0 fully saturated rings. The van der Waals surface area contributed by atoms with Crippen molar-refractivity contribution in [2.24, 2.45) is 0 Å². The minimum atomic E-state index is -0.0360. The molecule has 18 heavy (non-hydrogen) atoms. The van der Waals surface area contributed by atoms with E-state index < -0.39 is 0 Å². The van der Waals surface area contributed by atoms with Crippen LogP contribution in [0.15, 0.2) is 18.2 Å². The molecular formula is C15H22O3. The molecule has 3 nitrogen and oxygen atoms in total. The Bertz CT molecular complexity index is 397. The highest BCUT2D eigenvalue weighted by molar-refractivity contribution is 5.99. The van der Waals surface area contributed by atoms with Crippen LogP contribution in [0.4, 0.5) is 0 Å². The molecule has 0 bridgehead atoms. The Balaban J connectivity index is 3.05. The molecule has 0 unspecified atom stereocenters. The number of ketones is 1. The average Bonchev–Trinajstić information content (AvgIpc) is 2.36. The lowest BCUT2D eigenvalue weighted by atomic mass is 9.98. The standard InChI is InChI=1S/C15H22O3/c1-5-8-18-15-7-6-12(11(2)3)9-13(15)14(16)10-17-4/h6-7,9,11H,5,8,10H2,1-4H3. The Kier molecular flexibility index (Phi) is 5.86. The van der Waals surface area contributed by atoms with Gasteiger partial charge in [-0.15, -0.1) is 0 Å². The van der Waals surface area contributed by atoms with Crippen LogP contribution in [-0.4, -0.2) is 26.1 Å². The highest BCUT2D eigenvalue weighted by Gasteiger charge is 2.14. The monoisotopic (exact) mass is 250 g/mol. The van der Waals surface area contributed by atoms with Crippen LogP contribution in [0.1, 0.15) is 49.0 Å². The number of ether oxygens (including phenoxy) is 2. The minimum absolute atomic E-state index is 0.0360. The minimum Gasteiger partial charge on any atom is -0.493 e. The third kappa shape index (κ3) is 3.84. The van der Waals surface area contributed by atoms with Gasteiger partial charge in [0, 0.05) is 7.11 Å². The van der Waals surface area contributed by atoms with Gasteiger partial charge < -0.3 is 9.47 Å². The number of carbonyl (C=O) groups excluding carboxylic acids is 1. The molecule has 100 valence electrons. The van der Waals surface area contributed by atoms with Gasteiger partial charge in [0.2, 0.25) is 0 Å². The van der Waals surface area contributed by atoms with Crippen molar-refractivity contribution < 1.29 is 14.3 Å². The predicted octanol–water partition coefficient (Wildman–Crippen LogP) is 3.43. The molecule has 0 radical (unpaired) electrons. The van der Waals surface area contributed by atoms with Crippen LogP contribution >= 0.6 is 0 Å². The first-order valence-electron chi connectivity index (χ1n) is 6.39. The molecule has 0 saturated heterocycles. The maximum atomic E-state index is 12.0. The molecular weight excluding hydrogens is 228 g/mol. The van der Waals surface area contributed by atoms with Crippen LogP contribution in [0, 0.1) is 0 Å². The van der Waals surface area contributed by atoms with Crippen LogP contribution in [0.5, 0.6) is 5.75 Å². The second-order valence-corrected chi connectivity index (χ2v) is 4.61. The van der Waals surface area contributed by atoms with Crippen molar-refractivity contribution >= 4 is 5.78 Å². The topological polar surface area (TPSA) is 35.5 Å². The van der Waals surface area contributed by atoms with Gasteiger partial charge in [-0.2, -0.15) is 0 Å². The van der Waals surface area contributed by atoms with Crippen molar-refractivity contribution in [2.45, 2.75) is 33.1 Å². The predicted molar refractivity (Wildman–Crippen MR) is 72.5 cm³/mol. The number of carbonyl (C=O) groups is 1. The first kappa shape index (κ1) is 14.7. The maximum Gasteiger partial charge on any atom is 0.192 e. The number of methoxy groups -OCH3 is 1. The zero-order valence-electron chi connectivity index (χ0n) is 11.7. The molecule has 0 saturated carbocycles. The Hall–Kier alpha value is -1.35. The molecule has 0 heterocycles. The molecule has 0 atom stereocenters. The molecule has 0 aliphatic rings. The Morgan fingerprint density at radius 1 is 1.33 bits per heavy atom. The van der Waals surface area contributed by atoms with Crippen molar-refractivity contribution in [1.82, 2.24) is 0 Å². The smallest absolute Gasteiger partial charge is 0.192 e. The Labute approximate surface area is 109 Å². The third-order valence-electron chi connectivity index (χ3n) is 2.71. The second kappa shape index (κ2) is 7.17. The van der Waals surface area contributed by atoms with E-state index in [0.29, 0.717) is 23.8 Å². The third-order valence-corrected chi connectivity index (χ3v) is 2.71. The van der Waals surface area contributed by atoms with E-state index in [1.807, 2.05) is 25.1 Å². The van der Waals surface area contributed by atoms with Crippen LogP contribution < -0.4 is 4.74 Å². The normalized spacial score (nSPS) is 10.7. The van der Waals surface area contributed by atoms with Crippen LogP contribution in [0.2, 0.25) is 0 Å². The van der Waals surface area contributed by atoms with E-state index in [-0.39, 0.29) is 12.4 Å². The molecule has 0 spiro atoms. The zero-order valence-corrected chi connectivity index (χ0v) is 11.7. The molecule has 0 N–H and O–H groups in total. The van der Waals surface area contributed by atoms with Gasteiger partial charge in [-0.3, -0.25) is 4.79 Å². The molecule has 0 aromatic heterocycles. The van der Waals surface area contributed by atoms with E-state index in [2.05, 4.69) is 13.8 Å². The molecule has 0 amide bonds. The van der Waals surface area contributed by atoms with Gasteiger partial charge in [0.05, 0.1) is 12.2 Å². The quantitative estimate of drug-likeness (QED) is 0.695. The highest BCUT2D eigenvalue weighted by atomic mass is 16.5. The summed E-state index contributed by atoms with van der Waals surface area (Å²) in [4.78, 5) is 12.0. The number of rotatable bonds is 7. The number of benzene rings is 1. The summed E-state index contributed by atoms with van der Waals surface area (Å²) in [5, 5.41) is 0. The SMILES string of the molecule is CCCOc1ccc(C(C)C)cc1C(=O)COC. The van der Waals surface area contributed by atoms with E-state index in [9.17, 15) is 4.79 Å². The van der Waals surface area contributed by atoms with Crippen molar-refractivity contribution in [3.63, 3.8) is 0 Å². The Morgan fingerprint density at radius 3 is 2.61 bits per heavy atom. The van der Waals surface area contributed by atoms with Crippen molar-refractivity contribution in [2.75, 3.05) is 20.3 Å². The second-order valence-electron chi connectivity index (χ2n) is 4.61. The summed E-state index contributed by atoms with van der Waals surface area (Å²) in [7, 11) is 1.52. The zero-order chi connectivity index (χ0) is 13.5.